The Bertz CT molecular complexity index is 1180. The van der Waals surface area contributed by atoms with E-state index in [9.17, 15) is 9.59 Å². The first-order valence-corrected chi connectivity index (χ1v) is 11.7. The summed E-state index contributed by atoms with van der Waals surface area (Å²) in [6.07, 6.45) is 1.96. The van der Waals surface area contributed by atoms with Crippen LogP contribution in [0.15, 0.2) is 30.3 Å². The first-order valence-electron chi connectivity index (χ1n) is 11.7. The number of benzene rings is 1. The molecule has 0 radical (unpaired) electrons. The van der Waals surface area contributed by atoms with Crippen LogP contribution >= 0.6 is 0 Å². The number of nitrogens with zero attached hydrogens (tertiary/aromatic N) is 4. The van der Waals surface area contributed by atoms with Crippen molar-refractivity contribution < 1.29 is 9.59 Å². The van der Waals surface area contributed by atoms with Gasteiger partial charge in [0.05, 0.1) is 5.69 Å². The zero-order valence-electron chi connectivity index (χ0n) is 20.2. The van der Waals surface area contributed by atoms with Crippen molar-refractivity contribution in [2.75, 3.05) is 13.1 Å². The fraction of sp³-hybridized carbons (Fsp3) is 0.462. The number of fused-ring (bicyclic) bond motifs is 1. The molecule has 33 heavy (non-hydrogen) atoms. The predicted octanol–water partition coefficient (Wildman–Crippen LogP) is 3.74. The third-order valence-corrected chi connectivity index (χ3v) is 6.43. The maximum atomic E-state index is 12.9. The Hall–Kier alpha value is -3.22. The van der Waals surface area contributed by atoms with E-state index in [0.717, 1.165) is 52.4 Å². The first kappa shape index (κ1) is 23.0. The highest BCUT2D eigenvalue weighted by Gasteiger charge is 2.30. The van der Waals surface area contributed by atoms with Crippen molar-refractivity contribution in [2.24, 2.45) is 0 Å². The molecular formula is C26H33N5O2. The summed E-state index contributed by atoms with van der Waals surface area (Å²) in [7, 11) is 0. The second kappa shape index (κ2) is 9.33. The first-order chi connectivity index (χ1) is 15.7. The molecule has 174 valence electrons. The molecule has 1 fully saturated rings. The molecule has 3 aromatic rings. The van der Waals surface area contributed by atoms with Gasteiger partial charge in [0.15, 0.2) is 5.65 Å². The van der Waals surface area contributed by atoms with Crippen LogP contribution in [0.25, 0.3) is 5.65 Å². The van der Waals surface area contributed by atoms with Gasteiger partial charge in [-0.1, -0.05) is 17.7 Å². The smallest absolute Gasteiger partial charge is 0.253 e. The van der Waals surface area contributed by atoms with Gasteiger partial charge in [0, 0.05) is 54.5 Å². The summed E-state index contributed by atoms with van der Waals surface area (Å²) in [5.74, 6) is 0.323. The molecule has 1 aliphatic rings. The summed E-state index contributed by atoms with van der Waals surface area (Å²) in [4.78, 5) is 31.7. The third-order valence-electron chi connectivity index (χ3n) is 6.43. The lowest BCUT2D eigenvalue weighted by Gasteiger charge is -2.16. The SMILES string of the molecule is Cc1ccc(C(=O)N2CCC(c3cc4nc(C)c(CCC(=O)NC(C)C)c(C)n4n3)C2)cc1. The molecule has 0 bridgehead atoms. The number of nitrogens with one attached hydrogen (secondary N) is 1. The molecule has 7 nitrogen and oxygen atoms in total. The van der Waals surface area contributed by atoms with Gasteiger partial charge in [0.1, 0.15) is 0 Å². The summed E-state index contributed by atoms with van der Waals surface area (Å²) in [5, 5.41) is 7.81. The monoisotopic (exact) mass is 447 g/mol. The van der Waals surface area contributed by atoms with Gasteiger partial charge in [-0.15, -0.1) is 0 Å². The highest BCUT2D eigenvalue weighted by atomic mass is 16.2. The number of aromatic nitrogens is 3. The van der Waals surface area contributed by atoms with Crippen molar-refractivity contribution in [3.8, 4) is 0 Å². The summed E-state index contributed by atoms with van der Waals surface area (Å²) in [5.41, 5.74) is 6.69. The normalized spacial score (nSPS) is 16.1. The summed E-state index contributed by atoms with van der Waals surface area (Å²) in [6.45, 7) is 11.4. The molecule has 2 amide bonds. The Morgan fingerprint density at radius 1 is 1.15 bits per heavy atom. The fourth-order valence-corrected chi connectivity index (χ4v) is 4.60. The van der Waals surface area contributed by atoms with Crippen molar-refractivity contribution in [3.63, 3.8) is 0 Å². The number of carbonyl (C=O) groups excluding carboxylic acids is 2. The van der Waals surface area contributed by atoms with Gasteiger partial charge in [-0.25, -0.2) is 9.50 Å². The summed E-state index contributed by atoms with van der Waals surface area (Å²) in [6, 6.07) is 9.93. The molecule has 0 aliphatic carbocycles. The van der Waals surface area contributed by atoms with E-state index >= 15 is 0 Å². The lowest BCUT2D eigenvalue weighted by atomic mass is 10.1. The van der Waals surface area contributed by atoms with Gasteiger partial charge < -0.3 is 10.2 Å². The molecule has 1 unspecified atom stereocenters. The Morgan fingerprint density at radius 3 is 2.58 bits per heavy atom. The molecule has 1 aliphatic heterocycles. The Kier molecular flexibility index (Phi) is 6.49. The number of hydrogen-bond acceptors (Lipinski definition) is 4. The minimum Gasteiger partial charge on any atom is -0.354 e. The number of likely N-dealkylation sites (tertiary alicyclic amines) is 1. The average Bonchev–Trinajstić information content (AvgIpc) is 3.40. The molecule has 1 aromatic carbocycles. The maximum Gasteiger partial charge on any atom is 0.253 e. The van der Waals surface area contributed by atoms with E-state index in [2.05, 4.69) is 5.32 Å². The highest BCUT2D eigenvalue weighted by Crippen LogP contribution is 2.29. The minimum atomic E-state index is 0.0503. The van der Waals surface area contributed by atoms with Crippen molar-refractivity contribution in [1.29, 1.82) is 0 Å². The van der Waals surface area contributed by atoms with Gasteiger partial charge in [0.2, 0.25) is 5.91 Å². The van der Waals surface area contributed by atoms with Crippen LogP contribution in [0.1, 0.15) is 71.2 Å². The summed E-state index contributed by atoms with van der Waals surface area (Å²) < 4.78 is 1.89. The van der Waals surface area contributed by atoms with Crippen LogP contribution in [0, 0.1) is 20.8 Å². The average molecular weight is 448 g/mol. The van der Waals surface area contributed by atoms with E-state index in [1.807, 2.05) is 74.4 Å². The van der Waals surface area contributed by atoms with Gasteiger partial charge in [0.25, 0.3) is 5.91 Å². The molecule has 2 aromatic heterocycles. The second-order valence-corrected chi connectivity index (χ2v) is 9.43. The van der Waals surface area contributed by atoms with Gasteiger partial charge in [-0.05, 0) is 65.2 Å². The van der Waals surface area contributed by atoms with E-state index in [1.165, 1.54) is 0 Å². The zero-order chi connectivity index (χ0) is 23.7. The van der Waals surface area contributed by atoms with Crippen molar-refractivity contribution in [3.05, 3.63) is 64.1 Å². The van der Waals surface area contributed by atoms with Crippen LogP contribution in [-0.4, -0.2) is 50.4 Å². The molecule has 1 atom stereocenters. The van der Waals surface area contributed by atoms with Crippen molar-refractivity contribution in [2.45, 2.75) is 65.8 Å². The van der Waals surface area contributed by atoms with Crippen LogP contribution in [-0.2, 0) is 11.2 Å². The minimum absolute atomic E-state index is 0.0503. The predicted molar refractivity (Wildman–Crippen MR) is 129 cm³/mol. The third kappa shape index (κ3) is 4.92. The zero-order valence-corrected chi connectivity index (χ0v) is 20.2. The Balaban J connectivity index is 1.50. The topological polar surface area (TPSA) is 79.6 Å². The van der Waals surface area contributed by atoms with Gasteiger partial charge >= 0.3 is 0 Å². The van der Waals surface area contributed by atoms with E-state index in [1.54, 1.807) is 0 Å². The molecule has 0 spiro atoms. The van der Waals surface area contributed by atoms with Crippen LogP contribution in [0.5, 0.6) is 0 Å². The molecule has 1 saturated heterocycles. The molecule has 4 rings (SSSR count). The van der Waals surface area contributed by atoms with E-state index < -0.39 is 0 Å². The molecule has 1 N–H and O–H groups in total. The lowest BCUT2D eigenvalue weighted by Crippen LogP contribution is -2.30. The van der Waals surface area contributed by atoms with Crippen LogP contribution in [0.4, 0.5) is 0 Å². The largest absolute Gasteiger partial charge is 0.354 e. The Labute approximate surface area is 195 Å². The van der Waals surface area contributed by atoms with E-state index in [4.69, 9.17) is 10.1 Å². The van der Waals surface area contributed by atoms with Crippen molar-refractivity contribution >= 4 is 17.5 Å². The maximum absolute atomic E-state index is 12.9. The van der Waals surface area contributed by atoms with E-state index in [-0.39, 0.29) is 23.8 Å². The molecule has 0 saturated carbocycles. The van der Waals surface area contributed by atoms with Crippen LogP contribution in [0.2, 0.25) is 0 Å². The second-order valence-electron chi connectivity index (χ2n) is 9.43. The summed E-state index contributed by atoms with van der Waals surface area (Å²) >= 11 is 0. The van der Waals surface area contributed by atoms with Crippen molar-refractivity contribution in [1.82, 2.24) is 24.8 Å². The Morgan fingerprint density at radius 2 is 1.88 bits per heavy atom. The number of amides is 2. The molecular weight excluding hydrogens is 414 g/mol. The van der Waals surface area contributed by atoms with Gasteiger partial charge in [-0.2, -0.15) is 5.10 Å². The van der Waals surface area contributed by atoms with Crippen LogP contribution in [0.3, 0.4) is 0 Å². The van der Waals surface area contributed by atoms with Crippen LogP contribution < -0.4 is 5.32 Å². The highest BCUT2D eigenvalue weighted by molar-refractivity contribution is 5.94. The number of rotatable bonds is 6. The molecule has 7 heteroatoms. The number of carbonyl (C=O) groups is 2. The number of hydrogen-bond donors (Lipinski definition) is 1. The molecule has 3 heterocycles. The quantitative estimate of drug-likeness (QED) is 0.624. The lowest BCUT2D eigenvalue weighted by molar-refractivity contribution is -0.121. The van der Waals surface area contributed by atoms with Gasteiger partial charge in [-0.3, -0.25) is 9.59 Å². The standard InChI is InChI=1S/C26H33N5O2/c1-16(2)27-25(32)11-10-22-18(4)28-24-14-23(29-31(24)19(22)5)21-12-13-30(15-21)26(33)20-8-6-17(3)7-9-20/h6-9,14,16,21H,10-13,15H2,1-5H3,(H,27,32). The fourth-order valence-electron chi connectivity index (χ4n) is 4.60. The number of aryl methyl sites for hydroxylation is 3. The van der Waals surface area contributed by atoms with E-state index in [0.29, 0.717) is 19.4 Å².